The van der Waals surface area contributed by atoms with E-state index in [1.165, 1.54) is 15.5 Å². The van der Waals surface area contributed by atoms with Gasteiger partial charge in [-0.3, -0.25) is 0 Å². The van der Waals surface area contributed by atoms with Crippen LogP contribution in [0.2, 0.25) is 0 Å². The molecule has 4 aromatic rings. The zero-order valence-electron chi connectivity index (χ0n) is 19.4. The van der Waals surface area contributed by atoms with Gasteiger partial charge in [-0.15, -0.1) is 16.4 Å². The van der Waals surface area contributed by atoms with Crippen LogP contribution in [-0.2, 0) is 6.54 Å². The van der Waals surface area contributed by atoms with Crippen LogP contribution < -0.4 is 19.3 Å². The van der Waals surface area contributed by atoms with Gasteiger partial charge in [0.05, 0.1) is 46.9 Å². The summed E-state index contributed by atoms with van der Waals surface area (Å²) in [7, 11) is 3.33. The Morgan fingerprint density at radius 1 is 0.971 bits per heavy atom. The normalized spacial score (nSPS) is 15.3. The predicted octanol–water partition coefficient (Wildman–Crippen LogP) is 2.29. The standard InChI is InChI=1S/C25H28N6O2S/c1-32-22-11-10-19(17-23(22)33-2)24(25-26-27-28-31(25)18-21-9-6-16-34-21)30-14-12-29(13-15-30)20-7-4-3-5-8-20/h3-11,16-17,24H,12-15,18H2,1-2H3/p+1/t24-/m1/s1. The lowest BCUT2D eigenvalue weighted by Crippen LogP contribution is -3.15. The smallest absolute Gasteiger partial charge is 0.214 e. The minimum atomic E-state index is -0.0207. The van der Waals surface area contributed by atoms with Crippen molar-refractivity contribution in [2.75, 3.05) is 45.3 Å². The number of hydrogen-bond acceptors (Lipinski definition) is 7. The van der Waals surface area contributed by atoms with Crippen molar-refractivity contribution in [3.63, 3.8) is 0 Å². The Morgan fingerprint density at radius 3 is 2.47 bits per heavy atom. The molecule has 8 nitrogen and oxygen atoms in total. The largest absolute Gasteiger partial charge is 0.493 e. The van der Waals surface area contributed by atoms with Crippen molar-refractivity contribution in [1.29, 1.82) is 0 Å². The Kier molecular flexibility index (Phi) is 6.73. The summed E-state index contributed by atoms with van der Waals surface area (Å²) >= 11 is 1.72. The number of aromatic nitrogens is 4. The second kappa shape index (κ2) is 10.2. The van der Waals surface area contributed by atoms with Crippen LogP contribution in [0.4, 0.5) is 5.69 Å². The molecule has 1 aliphatic rings. The molecule has 2 aromatic heterocycles. The van der Waals surface area contributed by atoms with Crippen LogP contribution in [0.3, 0.4) is 0 Å². The summed E-state index contributed by atoms with van der Waals surface area (Å²) in [6, 6.07) is 20.9. The fourth-order valence-electron chi connectivity index (χ4n) is 4.66. The zero-order chi connectivity index (χ0) is 23.3. The molecule has 3 heterocycles. The van der Waals surface area contributed by atoms with E-state index in [1.54, 1.807) is 25.6 Å². The summed E-state index contributed by atoms with van der Waals surface area (Å²) in [5, 5.41) is 15.0. The molecule has 0 radical (unpaired) electrons. The molecule has 1 N–H and O–H groups in total. The molecule has 1 atom stereocenters. The molecule has 5 rings (SSSR count). The van der Waals surface area contributed by atoms with E-state index in [-0.39, 0.29) is 6.04 Å². The first kappa shape index (κ1) is 22.4. The number of nitrogens with zero attached hydrogens (tertiary/aromatic N) is 5. The lowest BCUT2D eigenvalue weighted by molar-refractivity contribution is -0.927. The molecule has 0 amide bonds. The Morgan fingerprint density at radius 2 is 1.76 bits per heavy atom. The maximum atomic E-state index is 5.62. The molecule has 34 heavy (non-hydrogen) atoms. The third-order valence-corrected chi connectivity index (χ3v) is 7.24. The number of anilines is 1. The third-order valence-electron chi connectivity index (χ3n) is 6.38. The molecule has 0 bridgehead atoms. The number of ether oxygens (including phenoxy) is 2. The number of methoxy groups -OCH3 is 2. The first-order chi connectivity index (χ1) is 16.8. The maximum Gasteiger partial charge on any atom is 0.214 e. The summed E-state index contributed by atoms with van der Waals surface area (Å²) in [5.41, 5.74) is 2.38. The fraction of sp³-hybridized carbons (Fsp3) is 0.320. The topological polar surface area (TPSA) is 69.7 Å². The van der Waals surface area contributed by atoms with Gasteiger partial charge in [0.15, 0.2) is 17.5 Å². The molecule has 1 aliphatic heterocycles. The summed E-state index contributed by atoms with van der Waals surface area (Å²) in [4.78, 5) is 5.11. The number of benzene rings is 2. The van der Waals surface area contributed by atoms with E-state index in [2.05, 4.69) is 80.4 Å². The number of thiophene rings is 1. The second-order valence-corrected chi connectivity index (χ2v) is 9.33. The highest BCUT2D eigenvalue weighted by molar-refractivity contribution is 7.09. The first-order valence-electron chi connectivity index (χ1n) is 11.4. The number of quaternary nitrogens is 1. The van der Waals surface area contributed by atoms with Gasteiger partial charge in [0, 0.05) is 16.1 Å². The number of piperazine rings is 1. The Labute approximate surface area is 203 Å². The minimum absolute atomic E-state index is 0.0207. The Bertz CT molecular complexity index is 1190. The molecule has 0 unspecified atom stereocenters. The minimum Gasteiger partial charge on any atom is -0.493 e. The summed E-state index contributed by atoms with van der Waals surface area (Å²) in [6.07, 6.45) is 0. The lowest BCUT2D eigenvalue weighted by atomic mass is 10.0. The molecule has 1 saturated heterocycles. The molecular weight excluding hydrogens is 448 g/mol. The first-order valence-corrected chi connectivity index (χ1v) is 12.3. The van der Waals surface area contributed by atoms with Crippen molar-refractivity contribution in [2.45, 2.75) is 12.6 Å². The van der Waals surface area contributed by atoms with Crippen LogP contribution in [0.5, 0.6) is 11.5 Å². The number of hydrogen-bond donors (Lipinski definition) is 1. The Balaban J connectivity index is 1.47. The quantitative estimate of drug-likeness (QED) is 0.420. The lowest BCUT2D eigenvalue weighted by Gasteiger charge is -2.37. The molecule has 0 spiro atoms. The van der Waals surface area contributed by atoms with Crippen LogP contribution in [0, 0.1) is 0 Å². The molecule has 0 aliphatic carbocycles. The van der Waals surface area contributed by atoms with Gasteiger partial charge in [-0.1, -0.05) is 24.3 Å². The summed E-state index contributed by atoms with van der Waals surface area (Å²) in [6.45, 7) is 4.54. The SMILES string of the molecule is COc1ccc([C@H](c2nnnn2Cc2cccs2)[NH+]2CCN(c3ccccc3)CC2)cc1OC. The molecule has 1 fully saturated rings. The van der Waals surface area contributed by atoms with Crippen molar-refractivity contribution >= 4 is 17.0 Å². The number of tetrazole rings is 1. The molecule has 176 valence electrons. The van der Waals surface area contributed by atoms with Crippen LogP contribution in [0.1, 0.15) is 22.3 Å². The van der Waals surface area contributed by atoms with Crippen LogP contribution in [0.15, 0.2) is 66.0 Å². The van der Waals surface area contributed by atoms with Gasteiger partial charge in [-0.25, -0.2) is 4.68 Å². The maximum absolute atomic E-state index is 5.62. The van der Waals surface area contributed by atoms with Crippen molar-refractivity contribution in [1.82, 2.24) is 20.2 Å². The summed E-state index contributed by atoms with van der Waals surface area (Å²) < 4.78 is 13.0. The number of nitrogens with one attached hydrogen (secondary N) is 1. The van der Waals surface area contributed by atoms with E-state index >= 15 is 0 Å². The zero-order valence-corrected chi connectivity index (χ0v) is 20.2. The number of rotatable bonds is 8. The Hall–Kier alpha value is -3.43. The molecule has 2 aromatic carbocycles. The van der Waals surface area contributed by atoms with Gasteiger partial charge >= 0.3 is 0 Å². The van der Waals surface area contributed by atoms with E-state index in [9.17, 15) is 0 Å². The van der Waals surface area contributed by atoms with E-state index in [0.717, 1.165) is 37.6 Å². The van der Waals surface area contributed by atoms with Gasteiger partial charge in [0.25, 0.3) is 0 Å². The van der Waals surface area contributed by atoms with Gasteiger partial charge in [-0.05, 0) is 52.2 Å². The van der Waals surface area contributed by atoms with Gasteiger partial charge < -0.3 is 19.3 Å². The highest BCUT2D eigenvalue weighted by Gasteiger charge is 2.35. The average molecular weight is 478 g/mol. The second-order valence-electron chi connectivity index (χ2n) is 8.30. The van der Waals surface area contributed by atoms with Gasteiger partial charge in [-0.2, -0.15) is 0 Å². The summed E-state index contributed by atoms with van der Waals surface area (Å²) in [5.74, 6) is 2.29. The van der Waals surface area contributed by atoms with E-state index in [0.29, 0.717) is 18.0 Å². The molecule has 0 saturated carbocycles. The van der Waals surface area contributed by atoms with Crippen LogP contribution in [0.25, 0.3) is 0 Å². The van der Waals surface area contributed by atoms with Crippen molar-refractivity contribution in [3.05, 3.63) is 82.3 Å². The molecule has 9 heteroatoms. The van der Waals surface area contributed by atoms with Crippen LogP contribution >= 0.6 is 11.3 Å². The highest BCUT2D eigenvalue weighted by atomic mass is 32.1. The fourth-order valence-corrected chi connectivity index (χ4v) is 5.35. The highest BCUT2D eigenvalue weighted by Crippen LogP contribution is 2.31. The van der Waals surface area contributed by atoms with Gasteiger partial charge in [0.2, 0.25) is 5.82 Å². The van der Waals surface area contributed by atoms with E-state index in [1.807, 2.05) is 10.7 Å². The van der Waals surface area contributed by atoms with Crippen molar-refractivity contribution in [2.24, 2.45) is 0 Å². The van der Waals surface area contributed by atoms with E-state index in [4.69, 9.17) is 9.47 Å². The molecular formula is C25H29N6O2S+. The third kappa shape index (κ3) is 4.62. The average Bonchev–Trinajstić information content (AvgIpc) is 3.58. The number of para-hydroxylation sites is 1. The van der Waals surface area contributed by atoms with E-state index < -0.39 is 0 Å². The van der Waals surface area contributed by atoms with Crippen molar-refractivity contribution in [3.8, 4) is 11.5 Å². The monoisotopic (exact) mass is 477 g/mol. The van der Waals surface area contributed by atoms with Crippen LogP contribution in [-0.4, -0.2) is 60.6 Å². The van der Waals surface area contributed by atoms with Gasteiger partial charge in [0.1, 0.15) is 0 Å². The predicted molar refractivity (Wildman–Crippen MR) is 132 cm³/mol. The van der Waals surface area contributed by atoms with Crippen molar-refractivity contribution < 1.29 is 14.4 Å².